The molecule has 0 saturated carbocycles. The largest absolute Gasteiger partial charge is 0.378 e. The minimum Gasteiger partial charge on any atom is -0.378 e. The van der Waals surface area contributed by atoms with Crippen LogP contribution in [0.3, 0.4) is 0 Å². The molecule has 0 aliphatic rings. The van der Waals surface area contributed by atoms with Crippen LogP contribution < -0.4 is 0 Å². The van der Waals surface area contributed by atoms with E-state index in [0.29, 0.717) is 0 Å². The minimum atomic E-state index is -0.866. The molecule has 0 fully saturated rings. The van der Waals surface area contributed by atoms with Gasteiger partial charge in [-0.05, 0) is 37.8 Å². The lowest BCUT2D eigenvalue weighted by atomic mass is 9.97. The molecule has 0 bridgehead atoms. The van der Waals surface area contributed by atoms with Crippen molar-refractivity contribution in [2.45, 2.75) is 64.9 Å². The zero-order chi connectivity index (χ0) is 14.1. The Bertz CT molecular complexity index is 434. The molecule has 0 heterocycles. The Hall–Kier alpha value is -1.26. The van der Waals surface area contributed by atoms with Gasteiger partial charge in [-0.2, -0.15) is 0 Å². The Morgan fingerprint density at radius 1 is 1.11 bits per heavy atom. The van der Waals surface area contributed by atoms with Crippen LogP contribution in [0.4, 0.5) is 0 Å². The predicted octanol–water partition coefficient (Wildman–Crippen LogP) is 4.32. The van der Waals surface area contributed by atoms with Crippen LogP contribution in [0, 0.1) is 11.8 Å². The lowest BCUT2D eigenvalue weighted by Crippen LogP contribution is -2.21. The van der Waals surface area contributed by atoms with Crippen LogP contribution >= 0.6 is 0 Å². The number of aryl methyl sites for hydroxylation is 1. The van der Waals surface area contributed by atoms with Crippen LogP contribution in [0.5, 0.6) is 0 Å². The van der Waals surface area contributed by atoms with E-state index in [0.717, 1.165) is 24.8 Å². The molecule has 1 unspecified atom stereocenters. The van der Waals surface area contributed by atoms with Crippen molar-refractivity contribution in [2.75, 3.05) is 0 Å². The topological polar surface area (TPSA) is 20.2 Å². The highest BCUT2D eigenvalue weighted by molar-refractivity contribution is 5.42. The standard InChI is InChI=1S/C18H26O/c1-4-6-7-10-14-18(3,19)15-13-17-12-9-8-11-16(17)5-2/h8-9,11-12,19H,4-7,10,14H2,1-3H3. The Kier molecular flexibility index (Phi) is 6.67. The Morgan fingerprint density at radius 2 is 1.84 bits per heavy atom. The van der Waals surface area contributed by atoms with Crippen molar-refractivity contribution in [2.24, 2.45) is 0 Å². The van der Waals surface area contributed by atoms with Gasteiger partial charge in [-0.1, -0.05) is 63.1 Å². The zero-order valence-corrected chi connectivity index (χ0v) is 12.5. The second-order valence-corrected chi connectivity index (χ2v) is 5.35. The quantitative estimate of drug-likeness (QED) is 0.595. The summed E-state index contributed by atoms with van der Waals surface area (Å²) in [7, 11) is 0. The number of aliphatic hydroxyl groups is 1. The Morgan fingerprint density at radius 3 is 2.53 bits per heavy atom. The van der Waals surface area contributed by atoms with Gasteiger partial charge in [0, 0.05) is 5.56 Å². The third-order valence-corrected chi connectivity index (χ3v) is 3.38. The minimum absolute atomic E-state index is 0.758. The fraction of sp³-hybridized carbons (Fsp3) is 0.556. The van der Waals surface area contributed by atoms with E-state index in [1.54, 1.807) is 0 Å². The normalized spacial score (nSPS) is 13.5. The maximum Gasteiger partial charge on any atom is 0.123 e. The van der Waals surface area contributed by atoms with Crippen LogP contribution in [-0.4, -0.2) is 10.7 Å². The average molecular weight is 258 g/mol. The van der Waals surface area contributed by atoms with Crippen molar-refractivity contribution in [1.82, 2.24) is 0 Å². The Balaban J connectivity index is 2.64. The molecule has 19 heavy (non-hydrogen) atoms. The molecule has 0 aliphatic heterocycles. The molecule has 0 amide bonds. The summed E-state index contributed by atoms with van der Waals surface area (Å²) >= 11 is 0. The third-order valence-electron chi connectivity index (χ3n) is 3.38. The number of rotatable bonds is 6. The maximum absolute atomic E-state index is 10.3. The van der Waals surface area contributed by atoms with Gasteiger partial charge in [0.15, 0.2) is 0 Å². The summed E-state index contributed by atoms with van der Waals surface area (Å²) in [4.78, 5) is 0. The van der Waals surface area contributed by atoms with E-state index in [1.807, 2.05) is 25.1 Å². The molecular weight excluding hydrogens is 232 g/mol. The first-order valence-corrected chi connectivity index (χ1v) is 7.42. The van der Waals surface area contributed by atoms with E-state index in [2.05, 4.69) is 31.8 Å². The van der Waals surface area contributed by atoms with E-state index in [4.69, 9.17) is 0 Å². The van der Waals surface area contributed by atoms with Crippen molar-refractivity contribution in [3.05, 3.63) is 35.4 Å². The van der Waals surface area contributed by atoms with Gasteiger partial charge in [0.2, 0.25) is 0 Å². The molecule has 1 N–H and O–H groups in total. The van der Waals surface area contributed by atoms with Crippen molar-refractivity contribution < 1.29 is 5.11 Å². The van der Waals surface area contributed by atoms with Crippen molar-refractivity contribution in [3.8, 4) is 11.8 Å². The molecule has 1 aromatic rings. The summed E-state index contributed by atoms with van der Waals surface area (Å²) < 4.78 is 0. The first-order chi connectivity index (χ1) is 9.09. The summed E-state index contributed by atoms with van der Waals surface area (Å²) in [5.41, 5.74) is 1.42. The summed E-state index contributed by atoms with van der Waals surface area (Å²) in [5, 5.41) is 10.3. The summed E-state index contributed by atoms with van der Waals surface area (Å²) in [6.07, 6.45) is 6.42. The van der Waals surface area contributed by atoms with Gasteiger partial charge in [0.1, 0.15) is 5.60 Å². The van der Waals surface area contributed by atoms with E-state index in [-0.39, 0.29) is 0 Å². The highest BCUT2D eigenvalue weighted by atomic mass is 16.3. The van der Waals surface area contributed by atoms with Crippen LogP contribution in [0.1, 0.15) is 64.0 Å². The van der Waals surface area contributed by atoms with Crippen LogP contribution in [0.2, 0.25) is 0 Å². The molecule has 1 atom stereocenters. The third kappa shape index (κ3) is 5.94. The molecule has 0 radical (unpaired) electrons. The molecule has 0 aromatic heterocycles. The Labute approximate surface area is 118 Å². The molecule has 1 nitrogen and oxygen atoms in total. The molecule has 1 heteroatoms. The highest BCUT2D eigenvalue weighted by Gasteiger charge is 2.15. The van der Waals surface area contributed by atoms with E-state index in [9.17, 15) is 5.11 Å². The van der Waals surface area contributed by atoms with Crippen molar-refractivity contribution in [3.63, 3.8) is 0 Å². The summed E-state index contributed by atoms with van der Waals surface area (Å²) in [6.45, 7) is 6.14. The lowest BCUT2D eigenvalue weighted by molar-refractivity contribution is 0.109. The SMILES string of the molecule is CCCCCCC(C)(O)C#Cc1ccccc1CC. The van der Waals surface area contributed by atoms with Gasteiger partial charge in [0.25, 0.3) is 0 Å². The predicted molar refractivity (Wildman–Crippen MR) is 82.1 cm³/mol. The van der Waals surface area contributed by atoms with E-state index in [1.165, 1.54) is 24.8 Å². The fourth-order valence-corrected chi connectivity index (χ4v) is 2.11. The molecular formula is C18H26O. The van der Waals surface area contributed by atoms with Crippen LogP contribution in [0.15, 0.2) is 24.3 Å². The second kappa shape index (κ2) is 8.02. The molecule has 1 aromatic carbocycles. The first kappa shape index (κ1) is 15.8. The van der Waals surface area contributed by atoms with Crippen LogP contribution in [-0.2, 0) is 6.42 Å². The lowest BCUT2D eigenvalue weighted by Gasteiger charge is -2.15. The number of unbranched alkanes of at least 4 members (excludes halogenated alkanes) is 3. The first-order valence-electron chi connectivity index (χ1n) is 7.42. The van der Waals surface area contributed by atoms with Gasteiger partial charge in [-0.15, -0.1) is 0 Å². The molecule has 104 valence electrons. The number of benzene rings is 1. The fourth-order valence-electron chi connectivity index (χ4n) is 2.11. The van der Waals surface area contributed by atoms with Crippen molar-refractivity contribution in [1.29, 1.82) is 0 Å². The molecule has 0 aliphatic carbocycles. The molecule has 0 spiro atoms. The van der Waals surface area contributed by atoms with E-state index >= 15 is 0 Å². The van der Waals surface area contributed by atoms with Gasteiger partial charge < -0.3 is 5.11 Å². The number of hydrogen-bond donors (Lipinski definition) is 1. The second-order valence-electron chi connectivity index (χ2n) is 5.35. The molecule has 0 saturated heterocycles. The summed E-state index contributed by atoms with van der Waals surface area (Å²) in [5.74, 6) is 6.18. The highest BCUT2D eigenvalue weighted by Crippen LogP contribution is 2.15. The maximum atomic E-state index is 10.3. The smallest absolute Gasteiger partial charge is 0.123 e. The zero-order valence-electron chi connectivity index (χ0n) is 12.5. The van der Waals surface area contributed by atoms with Gasteiger partial charge >= 0.3 is 0 Å². The summed E-state index contributed by atoms with van der Waals surface area (Å²) in [6, 6.07) is 8.16. The average Bonchev–Trinajstić information content (AvgIpc) is 2.42. The number of hydrogen-bond acceptors (Lipinski definition) is 1. The van der Waals surface area contributed by atoms with Crippen LogP contribution in [0.25, 0.3) is 0 Å². The molecule has 1 rings (SSSR count). The van der Waals surface area contributed by atoms with Gasteiger partial charge in [-0.3, -0.25) is 0 Å². The monoisotopic (exact) mass is 258 g/mol. The van der Waals surface area contributed by atoms with Gasteiger partial charge in [-0.25, -0.2) is 0 Å². The van der Waals surface area contributed by atoms with Crippen molar-refractivity contribution >= 4 is 0 Å². The van der Waals surface area contributed by atoms with E-state index < -0.39 is 5.60 Å². The van der Waals surface area contributed by atoms with Gasteiger partial charge in [0.05, 0.1) is 0 Å².